The third-order valence-corrected chi connectivity index (χ3v) is 16.8. The Balaban J connectivity index is 1.50. The molecule has 3 aliphatic carbocycles. The van der Waals surface area contributed by atoms with Gasteiger partial charge in [0.05, 0.1) is 0 Å². The minimum absolute atomic E-state index is 1.10. The molecule has 0 aliphatic heterocycles. The monoisotopic (exact) mass is 411 g/mol. The Morgan fingerprint density at radius 2 is 0.682 bits per heavy atom. The molecule has 0 aromatic heterocycles. The van der Waals surface area contributed by atoms with E-state index in [0.29, 0.717) is 0 Å². The number of rotatable bonds is 6. The summed E-state index contributed by atoms with van der Waals surface area (Å²) in [6, 6.07) is 0. The van der Waals surface area contributed by atoms with Gasteiger partial charge in [-0.15, -0.1) is 0 Å². The van der Waals surface area contributed by atoms with E-state index in [0.717, 1.165) is 0 Å². The molecule has 0 nitrogen and oxygen atoms in total. The first-order valence-electron chi connectivity index (χ1n) is 10.7. The summed E-state index contributed by atoms with van der Waals surface area (Å²) in [6.45, 7) is 0. The van der Waals surface area contributed by atoms with Crippen molar-refractivity contribution in [1.29, 1.82) is 0 Å². The van der Waals surface area contributed by atoms with Gasteiger partial charge in [-0.2, -0.15) is 0 Å². The fourth-order valence-corrected chi connectivity index (χ4v) is 17.6. The molecule has 0 unspecified atom stereocenters. The SMILES string of the molecule is C1CCC([CH2][Sn]([CH2]C2CCCCC2)[CH2]C2CCCCC2)CC1. The zero-order valence-electron chi connectivity index (χ0n) is 15.0. The molecule has 22 heavy (non-hydrogen) atoms. The van der Waals surface area contributed by atoms with Gasteiger partial charge in [0.1, 0.15) is 0 Å². The van der Waals surface area contributed by atoms with E-state index < -0.39 is 19.8 Å². The summed E-state index contributed by atoms with van der Waals surface area (Å²) in [6.07, 6.45) is 23.7. The normalized spacial score (nSPS) is 26.6. The van der Waals surface area contributed by atoms with Crippen molar-refractivity contribution in [2.75, 3.05) is 0 Å². The zero-order chi connectivity index (χ0) is 15.0. The first kappa shape index (κ1) is 17.6. The molecule has 0 aromatic rings. The van der Waals surface area contributed by atoms with Crippen LogP contribution in [-0.2, 0) is 0 Å². The zero-order valence-corrected chi connectivity index (χ0v) is 17.8. The summed E-state index contributed by atoms with van der Waals surface area (Å²) in [5, 5.41) is 0. The summed E-state index contributed by atoms with van der Waals surface area (Å²) in [5.74, 6) is 3.57. The summed E-state index contributed by atoms with van der Waals surface area (Å²) in [7, 11) is 0. The molecule has 3 aliphatic rings. The van der Waals surface area contributed by atoms with E-state index in [2.05, 4.69) is 0 Å². The van der Waals surface area contributed by atoms with E-state index in [1.807, 2.05) is 0 Å². The Labute approximate surface area is 147 Å². The van der Waals surface area contributed by atoms with Crippen molar-refractivity contribution < 1.29 is 0 Å². The predicted octanol–water partition coefficient (Wildman–Crippen LogP) is 7.22. The molecule has 0 bridgehead atoms. The second-order valence-electron chi connectivity index (χ2n) is 8.87. The van der Waals surface area contributed by atoms with Crippen molar-refractivity contribution in [1.82, 2.24) is 0 Å². The van der Waals surface area contributed by atoms with Crippen molar-refractivity contribution in [3.63, 3.8) is 0 Å². The van der Waals surface area contributed by atoms with Crippen LogP contribution in [0.15, 0.2) is 0 Å². The van der Waals surface area contributed by atoms with E-state index in [-0.39, 0.29) is 0 Å². The second kappa shape index (κ2) is 9.94. The molecule has 0 amide bonds. The predicted molar refractivity (Wildman–Crippen MR) is 99.9 cm³/mol. The standard InChI is InChI=1S/3C7H13.Sn/c3*1-7-5-3-2-4-6-7;/h3*7H,1-6H2;. The van der Waals surface area contributed by atoms with Crippen LogP contribution in [0.3, 0.4) is 0 Å². The Morgan fingerprint density at radius 3 is 0.955 bits per heavy atom. The summed E-state index contributed by atoms with van der Waals surface area (Å²) >= 11 is -1.10. The van der Waals surface area contributed by atoms with Crippen molar-refractivity contribution in [2.24, 2.45) is 17.8 Å². The van der Waals surface area contributed by atoms with Gasteiger partial charge in [0.25, 0.3) is 0 Å². The van der Waals surface area contributed by atoms with Gasteiger partial charge in [0.15, 0.2) is 0 Å². The van der Waals surface area contributed by atoms with Gasteiger partial charge in [0.2, 0.25) is 0 Å². The van der Waals surface area contributed by atoms with Crippen LogP contribution in [0, 0.1) is 17.8 Å². The maximum absolute atomic E-state index is 1.80. The van der Waals surface area contributed by atoms with Crippen molar-refractivity contribution >= 4 is 19.8 Å². The van der Waals surface area contributed by atoms with Gasteiger partial charge in [-0.3, -0.25) is 0 Å². The molecule has 0 aromatic carbocycles. The van der Waals surface area contributed by atoms with Crippen LogP contribution in [0.25, 0.3) is 0 Å². The number of hydrogen-bond acceptors (Lipinski definition) is 0. The summed E-state index contributed by atoms with van der Waals surface area (Å²) < 4.78 is 5.40. The molecular weight excluding hydrogens is 371 g/mol. The van der Waals surface area contributed by atoms with E-state index >= 15 is 0 Å². The Morgan fingerprint density at radius 1 is 0.409 bits per heavy atom. The van der Waals surface area contributed by atoms with Gasteiger partial charge in [0, 0.05) is 0 Å². The fraction of sp³-hybridized carbons (Fsp3) is 1.00. The van der Waals surface area contributed by atoms with Crippen molar-refractivity contribution in [3.8, 4) is 0 Å². The molecule has 0 atom stereocenters. The number of hydrogen-bond donors (Lipinski definition) is 0. The molecule has 0 saturated heterocycles. The molecular formula is C21H39Sn. The minimum atomic E-state index is -1.10. The average Bonchev–Trinajstić information content (AvgIpc) is 2.57. The summed E-state index contributed by atoms with van der Waals surface area (Å²) in [4.78, 5) is 0. The van der Waals surface area contributed by atoms with Gasteiger partial charge in [-0.25, -0.2) is 0 Å². The van der Waals surface area contributed by atoms with E-state index in [9.17, 15) is 0 Å². The molecule has 0 heterocycles. The quantitative estimate of drug-likeness (QED) is 0.406. The Hall–Kier alpha value is 0.799. The molecule has 3 saturated carbocycles. The van der Waals surface area contributed by atoms with Crippen molar-refractivity contribution in [2.45, 2.75) is 110 Å². The molecule has 1 heteroatoms. The van der Waals surface area contributed by atoms with Crippen LogP contribution >= 0.6 is 0 Å². The van der Waals surface area contributed by atoms with Gasteiger partial charge in [-0.1, -0.05) is 0 Å². The van der Waals surface area contributed by atoms with E-state index in [1.165, 1.54) is 17.8 Å². The van der Waals surface area contributed by atoms with Crippen LogP contribution in [0.5, 0.6) is 0 Å². The van der Waals surface area contributed by atoms with E-state index in [4.69, 9.17) is 0 Å². The van der Waals surface area contributed by atoms with E-state index in [1.54, 1.807) is 110 Å². The molecule has 3 fully saturated rings. The first-order chi connectivity index (χ1) is 10.9. The fourth-order valence-electron chi connectivity index (χ4n) is 5.65. The Kier molecular flexibility index (Phi) is 7.96. The van der Waals surface area contributed by atoms with Crippen LogP contribution in [0.2, 0.25) is 13.3 Å². The Bertz CT molecular complexity index is 235. The molecule has 127 valence electrons. The molecule has 3 rings (SSSR count). The van der Waals surface area contributed by atoms with Gasteiger partial charge in [-0.05, 0) is 0 Å². The molecule has 0 N–H and O–H groups in total. The molecule has 0 spiro atoms. The topological polar surface area (TPSA) is 0 Å². The second-order valence-corrected chi connectivity index (χ2v) is 16.7. The van der Waals surface area contributed by atoms with Crippen LogP contribution in [-0.4, -0.2) is 19.8 Å². The van der Waals surface area contributed by atoms with Crippen molar-refractivity contribution in [3.05, 3.63) is 0 Å². The average molecular weight is 410 g/mol. The van der Waals surface area contributed by atoms with Crippen LogP contribution in [0.4, 0.5) is 0 Å². The third kappa shape index (κ3) is 6.02. The van der Waals surface area contributed by atoms with Gasteiger partial charge >= 0.3 is 147 Å². The third-order valence-electron chi connectivity index (χ3n) is 6.91. The first-order valence-corrected chi connectivity index (χ1v) is 16.8. The van der Waals surface area contributed by atoms with Gasteiger partial charge < -0.3 is 0 Å². The van der Waals surface area contributed by atoms with Crippen LogP contribution in [0.1, 0.15) is 96.3 Å². The van der Waals surface area contributed by atoms with Crippen LogP contribution < -0.4 is 0 Å². The maximum atomic E-state index is 1.80. The summed E-state index contributed by atoms with van der Waals surface area (Å²) in [5.41, 5.74) is 0. The molecule has 1 radical (unpaired) electrons.